The van der Waals surface area contributed by atoms with Crippen LogP contribution < -0.4 is 5.69 Å². The highest BCUT2D eigenvalue weighted by Gasteiger charge is 2.20. The molecule has 0 aliphatic rings. The Kier molecular flexibility index (Phi) is 4.47. The number of carbonyl (C=O) groups is 1. The number of hydrogen-bond acceptors (Lipinski definition) is 5. The summed E-state index contributed by atoms with van der Waals surface area (Å²) in [6.45, 7) is 4.23. The van der Waals surface area contributed by atoms with Gasteiger partial charge in [-0.25, -0.2) is 23.8 Å². The predicted octanol–water partition coefficient (Wildman–Crippen LogP) is 1.99. The lowest BCUT2D eigenvalue weighted by molar-refractivity contribution is 0.0692. The largest absolute Gasteiger partial charge is 0.476 e. The number of carboxylic acids is 1. The highest BCUT2D eigenvalue weighted by Crippen LogP contribution is 2.29. The molecule has 0 radical (unpaired) electrons. The molecule has 0 aliphatic heterocycles. The van der Waals surface area contributed by atoms with E-state index in [1.54, 1.807) is 25.3 Å². The van der Waals surface area contributed by atoms with Crippen LogP contribution in [0.15, 0.2) is 35.3 Å². The second kappa shape index (κ2) is 7.00. The summed E-state index contributed by atoms with van der Waals surface area (Å²) in [6, 6.07) is 7.23. The molecule has 0 bridgehead atoms. The number of terminal acetylenes is 1. The molecule has 4 aromatic heterocycles. The summed E-state index contributed by atoms with van der Waals surface area (Å²) in [6.07, 6.45) is 7.00. The van der Waals surface area contributed by atoms with E-state index in [4.69, 9.17) is 6.42 Å². The Hall–Kier alpha value is -4.19. The molecule has 1 N–H and O–H groups in total. The van der Waals surface area contributed by atoms with Crippen LogP contribution in [0.4, 0.5) is 0 Å². The average Bonchev–Trinajstić information content (AvgIpc) is 3.24. The fraction of sp³-hybridized carbons (Fsp3) is 0.190. The molecule has 0 atom stereocenters. The van der Waals surface area contributed by atoms with Crippen molar-refractivity contribution in [3.8, 4) is 29.4 Å². The van der Waals surface area contributed by atoms with Gasteiger partial charge in [-0.1, -0.05) is 0 Å². The Morgan fingerprint density at radius 1 is 1.30 bits per heavy atom. The van der Waals surface area contributed by atoms with E-state index in [2.05, 4.69) is 21.0 Å². The van der Waals surface area contributed by atoms with E-state index in [1.807, 2.05) is 23.6 Å². The molecule has 150 valence electrons. The molecule has 0 spiro atoms. The monoisotopic (exact) mass is 402 g/mol. The zero-order valence-electron chi connectivity index (χ0n) is 16.6. The highest BCUT2D eigenvalue weighted by molar-refractivity contribution is 6.02. The van der Waals surface area contributed by atoms with E-state index >= 15 is 0 Å². The third-order valence-electron chi connectivity index (χ3n) is 4.84. The van der Waals surface area contributed by atoms with Crippen LogP contribution in [0.5, 0.6) is 0 Å². The lowest BCUT2D eigenvalue weighted by Crippen LogP contribution is -2.22. The quantitative estimate of drug-likeness (QED) is 0.523. The Balaban J connectivity index is 1.88. The molecule has 0 saturated carbocycles. The number of fused-ring (bicyclic) bond motifs is 1. The fourth-order valence-corrected chi connectivity index (χ4v) is 3.58. The second-order valence-corrected chi connectivity index (χ2v) is 6.74. The van der Waals surface area contributed by atoms with Crippen LogP contribution in [0, 0.1) is 19.3 Å². The van der Waals surface area contributed by atoms with E-state index in [9.17, 15) is 14.7 Å². The van der Waals surface area contributed by atoms with Gasteiger partial charge in [0.15, 0.2) is 5.69 Å². The van der Waals surface area contributed by atoms with Gasteiger partial charge in [-0.05, 0) is 44.0 Å². The third-order valence-corrected chi connectivity index (χ3v) is 4.84. The Morgan fingerprint density at radius 2 is 2.07 bits per heavy atom. The fourth-order valence-electron chi connectivity index (χ4n) is 3.58. The number of pyridine rings is 2. The first-order valence-electron chi connectivity index (χ1n) is 9.19. The standard InChI is InChI=1S/C21H18N6O3/c1-5-17-24-25(4)21(30)27(17)14-7-8-15(22-11-14)16-10-13-9-12(3)23-18(20(28)29)19(13)26(16)6-2/h1,7-11H,6H2,2-4H3,(H,28,29). The van der Waals surface area contributed by atoms with Gasteiger partial charge in [0.25, 0.3) is 0 Å². The van der Waals surface area contributed by atoms with Crippen LogP contribution in [-0.4, -0.2) is 40.0 Å². The van der Waals surface area contributed by atoms with Crippen LogP contribution in [-0.2, 0) is 13.6 Å². The number of aryl methyl sites for hydroxylation is 3. The summed E-state index contributed by atoms with van der Waals surface area (Å²) < 4.78 is 4.35. The maximum atomic E-state index is 12.3. The van der Waals surface area contributed by atoms with E-state index in [0.717, 1.165) is 11.1 Å². The summed E-state index contributed by atoms with van der Waals surface area (Å²) in [4.78, 5) is 32.7. The minimum absolute atomic E-state index is 0.00953. The maximum absolute atomic E-state index is 12.3. The molecule has 0 aromatic carbocycles. The first kappa shape index (κ1) is 19.1. The van der Waals surface area contributed by atoms with Crippen molar-refractivity contribution < 1.29 is 9.90 Å². The van der Waals surface area contributed by atoms with Gasteiger partial charge >= 0.3 is 11.7 Å². The van der Waals surface area contributed by atoms with Crippen molar-refractivity contribution in [2.75, 3.05) is 0 Å². The molecule has 0 unspecified atom stereocenters. The molecule has 9 nitrogen and oxygen atoms in total. The van der Waals surface area contributed by atoms with Gasteiger partial charge in [0.1, 0.15) is 0 Å². The van der Waals surface area contributed by atoms with Crippen molar-refractivity contribution in [2.45, 2.75) is 20.4 Å². The number of nitrogens with zero attached hydrogens (tertiary/aromatic N) is 6. The topological polar surface area (TPSA) is 108 Å². The number of rotatable bonds is 4. The van der Waals surface area contributed by atoms with Gasteiger partial charge in [-0.3, -0.25) is 4.98 Å². The zero-order valence-corrected chi connectivity index (χ0v) is 16.6. The highest BCUT2D eigenvalue weighted by atomic mass is 16.4. The molecule has 9 heteroatoms. The van der Waals surface area contributed by atoms with Crippen LogP contribution in [0.1, 0.15) is 28.9 Å². The molecule has 4 heterocycles. The van der Waals surface area contributed by atoms with Crippen molar-refractivity contribution in [1.29, 1.82) is 0 Å². The lowest BCUT2D eigenvalue weighted by Gasteiger charge is -2.10. The zero-order chi connectivity index (χ0) is 21.6. The normalized spacial score (nSPS) is 11.0. The Bertz CT molecular complexity index is 1400. The first-order valence-corrected chi connectivity index (χ1v) is 9.19. The van der Waals surface area contributed by atoms with Gasteiger partial charge < -0.3 is 9.67 Å². The molecular weight excluding hydrogens is 384 g/mol. The molecule has 30 heavy (non-hydrogen) atoms. The smallest absolute Gasteiger partial charge is 0.356 e. The summed E-state index contributed by atoms with van der Waals surface area (Å²) in [7, 11) is 1.53. The lowest BCUT2D eigenvalue weighted by atomic mass is 10.2. The number of aromatic nitrogens is 6. The molecule has 4 aromatic rings. The van der Waals surface area contributed by atoms with E-state index in [-0.39, 0.29) is 17.2 Å². The minimum atomic E-state index is -1.08. The second-order valence-electron chi connectivity index (χ2n) is 6.74. The summed E-state index contributed by atoms with van der Waals surface area (Å²) >= 11 is 0. The Labute approximate surface area is 171 Å². The van der Waals surface area contributed by atoms with Gasteiger partial charge in [0.05, 0.1) is 28.8 Å². The number of hydrogen-bond donors (Lipinski definition) is 1. The van der Waals surface area contributed by atoms with E-state index < -0.39 is 5.97 Å². The van der Waals surface area contributed by atoms with E-state index in [0.29, 0.717) is 29.1 Å². The summed E-state index contributed by atoms with van der Waals surface area (Å²) in [5.74, 6) is 1.50. The van der Waals surface area contributed by atoms with Crippen LogP contribution in [0.2, 0.25) is 0 Å². The molecule has 0 amide bonds. The van der Waals surface area contributed by atoms with Crippen LogP contribution in [0.25, 0.3) is 28.0 Å². The van der Waals surface area contributed by atoms with Crippen molar-refractivity contribution in [3.63, 3.8) is 0 Å². The van der Waals surface area contributed by atoms with Gasteiger partial charge in [-0.15, -0.1) is 11.5 Å². The Morgan fingerprint density at radius 3 is 2.67 bits per heavy atom. The average molecular weight is 402 g/mol. The van der Waals surface area contributed by atoms with Crippen molar-refractivity contribution in [3.05, 3.63) is 58.2 Å². The number of carboxylic acid groups (broad SMARTS) is 1. The van der Waals surface area contributed by atoms with Crippen molar-refractivity contribution >= 4 is 16.9 Å². The summed E-state index contributed by atoms with van der Waals surface area (Å²) in [5.41, 5.74) is 2.70. The SMILES string of the molecule is C#Cc1nn(C)c(=O)n1-c1ccc(-c2cc3cc(C)nc(C(=O)O)c3n2CC)nc1. The van der Waals surface area contributed by atoms with Crippen molar-refractivity contribution in [2.24, 2.45) is 7.05 Å². The molecule has 0 fully saturated rings. The maximum Gasteiger partial charge on any atom is 0.356 e. The molecule has 4 rings (SSSR count). The van der Waals surface area contributed by atoms with Gasteiger partial charge in [-0.2, -0.15) is 0 Å². The minimum Gasteiger partial charge on any atom is -0.476 e. The third kappa shape index (κ3) is 2.86. The number of aromatic carboxylic acids is 1. The van der Waals surface area contributed by atoms with Gasteiger partial charge in [0.2, 0.25) is 5.82 Å². The molecular formula is C21H18N6O3. The van der Waals surface area contributed by atoms with Crippen molar-refractivity contribution in [1.82, 2.24) is 28.9 Å². The van der Waals surface area contributed by atoms with E-state index in [1.165, 1.54) is 16.3 Å². The first-order chi connectivity index (χ1) is 14.3. The molecule has 0 aliphatic carbocycles. The van der Waals surface area contributed by atoms with Gasteiger partial charge in [0, 0.05) is 24.7 Å². The summed E-state index contributed by atoms with van der Waals surface area (Å²) in [5, 5.41) is 14.4. The van der Waals surface area contributed by atoms with Crippen LogP contribution >= 0.6 is 0 Å². The molecule has 0 saturated heterocycles. The van der Waals surface area contributed by atoms with Crippen LogP contribution in [0.3, 0.4) is 0 Å². The predicted molar refractivity (Wildman–Crippen MR) is 111 cm³/mol.